The maximum Gasteiger partial charge on any atom is 0.0544 e. The standard InChI is InChI=1S/C42H27N/c1-2-11-27(12-3-1)29-14-10-15-30(25-29)40-34-17-6-8-19-36(34)41(37-20-9-7-18-35(37)40)31-22-23-33-38-24-21-28-13-4-5-16-32(28)42(38)43-39(33)26-31/h1-26,43H. The third-order valence-electron chi connectivity index (χ3n) is 8.98. The van der Waals surface area contributed by atoms with Gasteiger partial charge in [0.25, 0.3) is 0 Å². The predicted octanol–water partition coefficient (Wildman–Crippen LogP) is 11.8. The van der Waals surface area contributed by atoms with Crippen LogP contribution in [0, 0.1) is 0 Å². The Bertz CT molecular complexity index is 2440. The number of hydrogen-bond donors (Lipinski definition) is 1. The van der Waals surface area contributed by atoms with Gasteiger partial charge in [0, 0.05) is 21.7 Å². The van der Waals surface area contributed by atoms with E-state index in [4.69, 9.17) is 0 Å². The van der Waals surface area contributed by atoms with Crippen molar-refractivity contribution in [3.63, 3.8) is 0 Å². The number of fused-ring (bicyclic) bond motifs is 7. The smallest absolute Gasteiger partial charge is 0.0544 e. The van der Waals surface area contributed by atoms with Crippen LogP contribution in [0.25, 0.3) is 87.5 Å². The zero-order valence-corrected chi connectivity index (χ0v) is 23.5. The Kier molecular flexibility index (Phi) is 5.27. The maximum absolute atomic E-state index is 3.79. The molecule has 0 aliphatic heterocycles. The lowest BCUT2D eigenvalue weighted by molar-refractivity contribution is 1.56. The average molecular weight is 546 g/mol. The molecule has 1 heterocycles. The average Bonchev–Trinajstić information content (AvgIpc) is 3.46. The van der Waals surface area contributed by atoms with Crippen LogP contribution < -0.4 is 0 Å². The van der Waals surface area contributed by atoms with Crippen molar-refractivity contribution in [1.82, 2.24) is 4.98 Å². The number of benzene rings is 8. The first kappa shape index (κ1) is 24.0. The minimum atomic E-state index is 1.16. The molecule has 0 saturated carbocycles. The lowest BCUT2D eigenvalue weighted by atomic mass is 9.85. The van der Waals surface area contributed by atoms with Gasteiger partial charge in [0.05, 0.1) is 5.52 Å². The molecule has 1 heteroatoms. The summed E-state index contributed by atoms with van der Waals surface area (Å²) in [5, 5.41) is 10.1. The van der Waals surface area contributed by atoms with Gasteiger partial charge in [0.2, 0.25) is 0 Å². The van der Waals surface area contributed by atoms with Gasteiger partial charge in [-0.2, -0.15) is 0 Å². The molecular formula is C42H27N. The summed E-state index contributed by atoms with van der Waals surface area (Å²) < 4.78 is 0. The van der Waals surface area contributed by atoms with Gasteiger partial charge in [0.1, 0.15) is 0 Å². The highest BCUT2D eigenvalue weighted by molar-refractivity contribution is 6.23. The Balaban J connectivity index is 1.32. The molecule has 200 valence electrons. The number of aromatic amines is 1. The van der Waals surface area contributed by atoms with E-state index in [9.17, 15) is 0 Å². The molecule has 9 aromatic rings. The lowest BCUT2D eigenvalue weighted by Crippen LogP contribution is -1.91. The molecule has 0 aliphatic carbocycles. The van der Waals surface area contributed by atoms with Gasteiger partial charge < -0.3 is 4.98 Å². The number of nitrogens with one attached hydrogen (secondary N) is 1. The maximum atomic E-state index is 3.79. The third kappa shape index (κ3) is 3.72. The Morgan fingerprint density at radius 3 is 1.53 bits per heavy atom. The second kappa shape index (κ2) is 9.44. The first-order valence-electron chi connectivity index (χ1n) is 14.9. The number of rotatable bonds is 3. The van der Waals surface area contributed by atoms with Crippen LogP contribution in [0.4, 0.5) is 0 Å². The van der Waals surface area contributed by atoms with E-state index >= 15 is 0 Å². The molecule has 0 atom stereocenters. The molecule has 43 heavy (non-hydrogen) atoms. The summed E-state index contributed by atoms with van der Waals surface area (Å²) in [6.45, 7) is 0. The van der Waals surface area contributed by atoms with Gasteiger partial charge in [-0.3, -0.25) is 0 Å². The van der Waals surface area contributed by atoms with Crippen LogP contribution in [0.3, 0.4) is 0 Å². The minimum absolute atomic E-state index is 1.16. The summed E-state index contributed by atoms with van der Waals surface area (Å²) in [7, 11) is 0. The van der Waals surface area contributed by atoms with Crippen LogP contribution in [-0.2, 0) is 0 Å². The van der Waals surface area contributed by atoms with Crippen molar-refractivity contribution in [3.05, 3.63) is 158 Å². The first-order chi connectivity index (χ1) is 21.3. The zero-order chi connectivity index (χ0) is 28.3. The van der Waals surface area contributed by atoms with Crippen molar-refractivity contribution >= 4 is 54.1 Å². The molecule has 0 spiro atoms. The fourth-order valence-corrected chi connectivity index (χ4v) is 7.04. The van der Waals surface area contributed by atoms with E-state index < -0.39 is 0 Å². The van der Waals surface area contributed by atoms with Crippen molar-refractivity contribution in [3.8, 4) is 33.4 Å². The van der Waals surface area contributed by atoms with Crippen LogP contribution in [0.5, 0.6) is 0 Å². The highest BCUT2D eigenvalue weighted by atomic mass is 14.7. The normalized spacial score (nSPS) is 11.7. The molecule has 0 unspecified atom stereocenters. The number of aromatic nitrogens is 1. The van der Waals surface area contributed by atoms with Crippen molar-refractivity contribution in [1.29, 1.82) is 0 Å². The predicted molar refractivity (Wildman–Crippen MR) is 185 cm³/mol. The van der Waals surface area contributed by atoms with E-state index in [1.165, 1.54) is 82.0 Å². The second-order valence-electron chi connectivity index (χ2n) is 11.4. The number of H-pyrrole nitrogens is 1. The van der Waals surface area contributed by atoms with Crippen molar-refractivity contribution in [2.45, 2.75) is 0 Å². The van der Waals surface area contributed by atoms with Gasteiger partial charge in [-0.15, -0.1) is 0 Å². The SMILES string of the molecule is c1ccc(-c2cccc(-c3c4ccccc4c(-c4ccc5c(c4)[nH]c4c6ccccc6ccc54)c4ccccc34)c2)cc1. The lowest BCUT2D eigenvalue weighted by Gasteiger charge is -2.18. The molecule has 0 fully saturated rings. The first-order valence-corrected chi connectivity index (χ1v) is 14.9. The summed E-state index contributed by atoms with van der Waals surface area (Å²) in [5.41, 5.74) is 9.84. The third-order valence-corrected chi connectivity index (χ3v) is 8.98. The molecule has 0 amide bonds. The topological polar surface area (TPSA) is 15.8 Å². The summed E-state index contributed by atoms with van der Waals surface area (Å²) in [6.07, 6.45) is 0. The Morgan fingerprint density at radius 2 is 0.837 bits per heavy atom. The van der Waals surface area contributed by atoms with E-state index in [2.05, 4.69) is 163 Å². The van der Waals surface area contributed by atoms with Crippen molar-refractivity contribution in [2.75, 3.05) is 0 Å². The van der Waals surface area contributed by atoms with E-state index in [-0.39, 0.29) is 0 Å². The van der Waals surface area contributed by atoms with Gasteiger partial charge in [0.15, 0.2) is 0 Å². The molecule has 8 aromatic carbocycles. The Hall–Kier alpha value is -5.66. The van der Waals surface area contributed by atoms with Gasteiger partial charge in [-0.1, -0.05) is 146 Å². The molecule has 0 bridgehead atoms. The molecule has 0 saturated heterocycles. The van der Waals surface area contributed by atoms with Crippen molar-refractivity contribution in [2.24, 2.45) is 0 Å². The van der Waals surface area contributed by atoms with Crippen LogP contribution in [0.15, 0.2) is 158 Å². The molecule has 0 aliphatic rings. The second-order valence-corrected chi connectivity index (χ2v) is 11.4. The molecule has 1 aromatic heterocycles. The highest BCUT2D eigenvalue weighted by Gasteiger charge is 2.18. The van der Waals surface area contributed by atoms with Gasteiger partial charge >= 0.3 is 0 Å². The Labute approximate surface area is 249 Å². The van der Waals surface area contributed by atoms with Crippen LogP contribution in [0.1, 0.15) is 0 Å². The summed E-state index contributed by atoms with van der Waals surface area (Å²) in [6, 6.07) is 57.4. The largest absolute Gasteiger partial charge is 0.354 e. The zero-order valence-electron chi connectivity index (χ0n) is 23.5. The summed E-state index contributed by atoms with van der Waals surface area (Å²) >= 11 is 0. The molecule has 1 N–H and O–H groups in total. The van der Waals surface area contributed by atoms with Gasteiger partial charge in [-0.05, 0) is 72.4 Å². The molecule has 9 rings (SSSR count). The highest BCUT2D eigenvalue weighted by Crippen LogP contribution is 2.45. The van der Waals surface area contributed by atoms with Gasteiger partial charge in [-0.25, -0.2) is 0 Å². The van der Waals surface area contributed by atoms with E-state index in [0.29, 0.717) is 0 Å². The number of hydrogen-bond acceptors (Lipinski definition) is 0. The molecule has 1 nitrogen and oxygen atoms in total. The van der Waals surface area contributed by atoms with E-state index in [1.807, 2.05) is 0 Å². The van der Waals surface area contributed by atoms with E-state index in [1.54, 1.807) is 0 Å². The van der Waals surface area contributed by atoms with E-state index in [0.717, 1.165) is 5.52 Å². The monoisotopic (exact) mass is 545 g/mol. The van der Waals surface area contributed by atoms with Crippen molar-refractivity contribution < 1.29 is 0 Å². The summed E-state index contributed by atoms with van der Waals surface area (Å²) in [4.78, 5) is 3.79. The van der Waals surface area contributed by atoms with Crippen LogP contribution in [-0.4, -0.2) is 4.98 Å². The fourth-order valence-electron chi connectivity index (χ4n) is 7.04. The molecular weight excluding hydrogens is 518 g/mol. The van der Waals surface area contributed by atoms with Crippen LogP contribution >= 0.6 is 0 Å². The fraction of sp³-hybridized carbons (Fsp3) is 0. The Morgan fingerprint density at radius 1 is 0.302 bits per heavy atom. The van der Waals surface area contributed by atoms with Crippen LogP contribution in [0.2, 0.25) is 0 Å². The summed E-state index contributed by atoms with van der Waals surface area (Å²) in [5.74, 6) is 0. The quantitative estimate of drug-likeness (QED) is 0.213. The minimum Gasteiger partial charge on any atom is -0.354 e. The molecule has 0 radical (unpaired) electrons.